The highest BCUT2D eigenvalue weighted by Crippen LogP contribution is 2.44. The molecule has 1 aromatic rings. The predicted molar refractivity (Wildman–Crippen MR) is 59.5 cm³/mol. The lowest BCUT2D eigenvalue weighted by atomic mass is 9.87. The normalized spacial score (nSPS) is 27.6. The Hall–Kier alpha value is -1.64. The van der Waals surface area contributed by atoms with Crippen molar-refractivity contribution in [1.29, 1.82) is 0 Å². The zero-order valence-electron chi connectivity index (χ0n) is 8.44. The van der Waals surface area contributed by atoms with E-state index >= 15 is 0 Å². The summed E-state index contributed by atoms with van der Waals surface area (Å²) >= 11 is 0. The zero-order chi connectivity index (χ0) is 10.4. The number of hydrogen-bond donors (Lipinski definition) is 2. The lowest BCUT2D eigenvalue weighted by Gasteiger charge is -2.21. The molecule has 4 N–H and O–H groups in total. The number of fused-ring (bicyclic) bond motifs is 3. The molecular formula is C12H14N2O. The molecule has 3 heteroatoms. The Morgan fingerprint density at radius 3 is 3.00 bits per heavy atom. The molecular weight excluding hydrogens is 188 g/mol. The van der Waals surface area contributed by atoms with Gasteiger partial charge in [0, 0.05) is 22.9 Å². The summed E-state index contributed by atoms with van der Waals surface area (Å²) in [5.74, 6) is 1.27. The highest BCUT2D eigenvalue weighted by Gasteiger charge is 2.35. The molecule has 78 valence electrons. The Morgan fingerprint density at radius 2 is 2.13 bits per heavy atom. The average Bonchev–Trinajstić information content (AvgIpc) is 2.56. The molecule has 0 radical (unpaired) electrons. The largest absolute Gasteiger partial charge is 0.489 e. The third-order valence-electron chi connectivity index (χ3n) is 3.18. The van der Waals surface area contributed by atoms with Crippen molar-refractivity contribution in [2.75, 3.05) is 5.73 Å². The SMILES string of the molecule is NC1=CC2c3cc(N)ccc3OC2CC1. The van der Waals surface area contributed by atoms with Gasteiger partial charge in [-0.3, -0.25) is 0 Å². The molecule has 15 heavy (non-hydrogen) atoms. The summed E-state index contributed by atoms with van der Waals surface area (Å²) in [5, 5.41) is 0. The van der Waals surface area contributed by atoms with Crippen LogP contribution in [-0.2, 0) is 0 Å². The van der Waals surface area contributed by atoms with E-state index in [0.717, 1.165) is 30.0 Å². The number of allylic oxidation sites excluding steroid dienone is 1. The molecule has 1 aliphatic carbocycles. The van der Waals surface area contributed by atoms with Gasteiger partial charge in [0.15, 0.2) is 0 Å². The van der Waals surface area contributed by atoms with E-state index in [0.29, 0.717) is 5.92 Å². The van der Waals surface area contributed by atoms with E-state index in [1.54, 1.807) is 0 Å². The van der Waals surface area contributed by atoms with Crippen LogP contribution < -0.4 is 16.2 Å². The van der Waals surface area contributed by atoms with Crippen LogP contribution in [0.25, 0.3) is 0 Å². The van der Waals surface area contributed by atoms with Gasteiger partial charge in [0.2, 0.25) is 0 Å². The van der Waals surface area contributed by atoms with Gasteiger partial charge in [0.25, 0.3) is 0 Å². The van der Waals surface area contributed by atoms with Gasteiger partial charge in [-0.15, -0.1) is 0 Å². The van der Waals surface area contributed by atoms with Gasteiger partial charge in [0.1, 0.15) is 11.9 Å². The quantitative estimate of drug-likeness (QED) is 0.630. The molecule has 2 aliphatic rings. The van der Waals surface area contributed by atoms with Crippen molar-refractivity contribution < 1.29 is 4.74 Å². The molecule has 0 fully saturated rings. The maximum atomic E-state index is 5.86. The number of hydrogen-bond acceptors (Lipinski definition) is 3. The number of nitrogen functional groups attached to an aromatic ring is 1. The van der Waals surface area contributed by atoms with Crippen molar-refractivity contribution in [3.8, 4) is 5.75 Å². The van der Waals surface area contributed by atoms with Crippen molar-refractivity contribution in [3.63, 3.8) is 0 Å². The number of anilines is 1. The standard InChI is InChI=1S/C12H14N2O/c13-7-1-3-11-9(5-7)10-6-8(14)2-4-12(10)15-11/h1,3,5-6,10,12H,2,4,13-14H2. The molecule has 1 heterocycles. The maximum absolute atomic E-state index is 5.86. The topological polar surface area (TPSA) is 61.3 Å². The fourth-order valence-corrected chi connectivity index (χ4v) is 2.43. The Kier molecular flexibility index (Phi) is 1.69. The molecule has 0 bridgehead atoms. The Labute approximate surface area is 88.7 Å². The summed E-state index contributed by atoms with van der Waals surface area (Å²) < 4.78 is 5.86. The van der Waals surface area contributed by atoms with Crippen LogP contribution in [0.4, 0.5) is 5.69 Å². The summed E-state index contributed by atoms with van der Waals surface area (Å²) in [4.78, 5) is 0. The molecule has 1 aliphatic heterocycles. The summed E-state index contributed by atoms with van der Waals surface area (Å²) in [6.07, 6.45) is 4.31. The van der Waals surface area contributed by atoms with Crippen molar-refractivity contribution in [1.82, 2.24) is 0 Å². The number of benzene rings is 1. The van der Waals surface area contributed by atoms with Crippen molar-refractivity contribution in [3.05, 3.63) is 35.5 Å². The van der Waals surface area contributed by atoms with E-state index < -0.39 is 0 Å². The average molecular weight is 202 g/mol. The maximum Gasteiger partial charge on any atom is 0.123 e. The molecule has 0 spiro atoms. The zero-order valence-corrected chi connectivity index (χ0v) is 8.44. The first-order valence-electron chi connectivity index (χ1n) is 5.26. The Morgan fingerprint density at radius 1 is 1.27 bits per heavy atom. The highest BCUT2D eigenvalue weighted by atomic mass is 16.5. The number of ether oxygens (including phenoxy) is 1. The van der Waals surface area contributed by atoms with Gasteiger partial charge in [-0.25, -0.2) is 0 Å². The molecule has 0 saturated heterocycles. The van der Waals surface area contributed by atoms with Crippen molar-refractivity contribution in [2.24, 2.45) is 5.73 Å². The van der Waals surface area contributed by atoms with Crippen LogP contribution >= 0.6 is 0 Å². The van der Waals surface area contributed by atoms with Gasteiger partial charge in [-0.05, 0) is 31.0 Å². The van der Waals surface area contributed by atoms with Gasteiger partial charge in [-0.2, -0.15) is 0 Å². The third kappa shape index (κ3) is 1.27. The van der Waals surface area contributed by atoms with Gasteiger partial charge >= 0.3 is 0 Å². The molecule has 0 saturated carbocycles. The van der Waals surface area contributed by atoms with Crippen LogP contribution in [0.3, 0.4) is 0 Å². The minimum atomic E-state index is 0.258. The van der Waals surface area contributed by atoms with Crippen molar-refractivity contribution >= 4 is 5.69 Å². The third-order valence-corrected chi connectivity index (χ3v) is 3.18. The fourth-order valence-electron chi connectivity index (χ4n) is 2.43. The second-order valence-corrected chi connectivity index (χ2v) is 4.26. The van der Waals surface area contributed by atoms with Crippen LogP contribution in [0, 0.1) is 0 Å². The monoisotopic (exact) mass is 202 g/mol. The summed E-state index contributed by atoms with van der Waals surface area (Å²) in [6.45, 7) is 0. The van der Waals surface area contributed by atoms with E-state index in [9.17, 15) is 0 Å². The first-order valence-corrected chi connectivity index (χ1v) is 5.26. The minimum Gasteiger partial charge on any atom is -0.489 e. The van der Waals surface area contributed by atoms with Crippen molar-refractivity contribution in [2.45, 2.75) is 24.9 Å². The molecule has 0 aromatic heterocycles. The van der Waals surface area contributed by atoms with Crippen LogP contribution in [0.1, 0.15) is 24.3 Å². The lowest BCUT2D eigenvalue weighted by Crippen LogP contribution is -2.23. The first-order chi connectivity index (χ1) is 7.24. The molecule has 2 atom stereocenters. The molecule has 1 aromatic carbocycles. The highest BCUT2D eigenvalue weighted by molar-refractivity contribution is 5.53. The van der Waals surface area contributed by atoms with E-state index in [-0.39, 0.29) is 6.10 Å². The van der Waals surface area contributed by atoms with Gasteiger partial charge < -0.3 is 16.2 Å². The van der Waals surface area contributed by atoms with Crippen LogP contribution in [0.5, 0.6) is 5.75 Å². The van der Waals surface area contributed by atoms with Crippen LogP contribution in [-0.4, -0.2) is 6.10 Å². The van der Waals surface area contributed by atoms with E-state index in [2.05, 4.69) is 6.08 Å². The molecule has 0 amide bonds. The molecule has 3 rings (SSSR count). The van der Waals surface area contributed by atoms with E-state index in [1.807, 2.05) is 18.2 Å². The van der Waals surface area contributed by atoms with Gasteiger partial charge in [-0.1, -0.05) is 6.08 Å². The second kappa shape index (κ2) is 2.92. The minimum absolute atomic E-state index is 0.258. The number of nitrogens with two attached hydrogens (primary N) is 2. The molecule has 3 nitrogen and oxygen atoms in total. The smallest absolute Gasteiger partial charge is 0.123 e. The lowest BCUT2D eigenvalue weighted by molar-refractivity contribution is 0.202. The van der Waals surface area contributed by atoms with Crippen LogP contribution in [0.2, 0.25) is 0 Å². The Balaban J connectivity index is 2.08. The fraction of sp³-hybridized carbons (Fsp3) is 0.333. The summed E-state index contributed by atoms with van der Waals surface area (Å²) in [6, 6.07) is 5.82. The second-order valence-electron chi connectivity index (χ2n) is 4.26. The first kappa shape index (κ1) is 8.65. The summed E-state index contributed by atoms with van der Waals surface area (Å²) in [7, 11) is 0. The Bertz CT molecular complexity index is 439. The number of rotatable bonds is 0. The van der Waals surface area contributed by atoms with Crippen LogP contribution in [0.15, 0.2) is 30.0 Å². The van der Waals surface area contributed by atoms with Gasteiger partial charge in [0.05, 0.1) is 0 Å². The van der Waals surface area contributed by atoms with E-state index in [4.69, 9.17) is 16.2 Å². The predicted octanol–water partition coefficient (Wildman–Crippen LogP) is 1.75. The molecule has 2 unspecified atom stereocenters. The van der Waals surface area contributed by atoms with E-state index in [1.165, 1.54) is 5.56 Å². The summed E-state index contributed by atoms with van der Waals surface area (Å²) in [5.41, 5.74) is 14.6.